The molecule has 0 N–H and O–H groups in total. The van der Waals surface area contributed by atoms with Crippen molar-refractivity contribution in [2.75, 3.05) is 0 Å². The third kappa shape index (κ3) is 3.57. The molecular weight excluding hydrogens is 595 g/mol. The molecule has 0 bridgehead atoms. The molecule has 0 aliphatic rings. The highest BCUT2D eigenvalue weighted by Crippen LogP contribution is 2.42. The van der Waals surface area contributed by atoms with E-state index >= 15 is 0 Å². The van der Waals surface area contributed by atoms with Gasteiger partial charge in [0.05, 0.1) is 11.0 Å². The summed E-state index contributed by atoms with van der Waals surface area (Å²) in [5, 5.41) is 10.6. The lowest BCUT2D eigenvalue weighted by molar-refractivity contribution is 0.653. The summed E-state index contributed by atoms with van der Waals surface area (Å²) in [5.41, 5.74) is 6.06. The first-order valence-corrected chi connectivity index (χ1v) is 16.6. The van der Waals surface area contributed by atoms with Crippen LogP contribution in [0, 0.1) is 0 Å². The topological polar surface area (TPSA) is 43.9 Å². The van der Waals surface area contributed by atoms with Crippen LogP contribution in [-0.4, -0.2) is 14.5 Å². The Balaban J connectivity index is 1.32. The number of hydrogen-bond donors (Lipinski definition) is 0. The Labute approximate surface area is 271 Å². The van der Waals surface area contributed by atoms with Gasteiger partial charge in [0.15, 0.2) is 5.82 Å². The number of aromatic nitrogens is 3. The third-order valence-corrected chi connectivity index (χ3v) is 10.7. The molecule has 4 nitrogen and oxygen atoms in total. The van der Waals surface area contributed by atoms with Gasteiger partial charge in [-0.3, -0.25) is 4.57 Å². The summed E-state index contributed by atoms with van der Waals surface area (Å²) in [6, 6.07) is 49.8. The van der Waals surface area contributed by atoms with E-state index < -0.39 is 0 Å². The second-order valence-electron chi connectivity index (χ2n) is 12.2. The molecule has 4 heterocycles. The molecule has 4 aromatic heterocycles. The minimum Gasteiger partial charge on any atom is -0.436 e. The summed E-state index contributed by atoms with van der Waals surface area (Å²) in [6.07, 6.45) is 0. The Morgan fingerprint density at radius 1 is 0.489 bits per heavy atom. The van der Waals surface area contributed by atoms with Crippen LogP contribution in [0.1, 0.15) is 0 Å². The molecular formula is C42H23N3OS. The van der Waals surface area contributed by atoms with Gasteiger partial charge in [-0.05, 0) is 76.1 Å². The fraction of sp³-hybridized carbons (Fsp3) is 0. The third-order valence-electron chi connectivity index (χ3n) is 9.56. The molecule has 0 fully saturated rings. The summed E-state index contributed by atoms with van der Waals surface area (Å²) in [4.78, 5) is 10.8. The first-order chi connectivity index (χ1) is 23.3. The minimum atomic E-state index is 0.539. The molecule has 47 heavy (non-hydrogen) atoms. The lowest BCUT2D eigenvalue weighted by Gasteiger charge is -2.13. The van der Waals surface area contributed by atoms with Crippen molar-refractivity contribution in [1.29, 1.82) is 0 Å². The normalized spacial score (nSPS) is 12.3. The zero-order valence-corrected chi connectivity index (χ0v) is 25.8. The number of nitrogens with zero attached hydrogens (tertiary/aromatic N) is 3. The largest absolute Gasteiger partial charge is 0.436 e. The number of thiophene rings is 1. The van der Waals surface area contributed by atoms with Crippen molar-refractivity contribution >= 4 is 97.1 Å². The fourth-order valence-electron chi connectivity index (χ4n) is 7.35. The van der Waals surface area contributed by atoms with Crippen molar-refractivity contribution in [2.24, 2.45) is 0 Å². The molecule has 0 aliphatic heterocycles. The number of benzene rings is 7. The number of fused-ring (bicyclic) bond motifs is 11. The van der Waals surface area contributed by atoms with Crippen LogP contribution in [0.2, 0.25) is 0 Å². The van der Waals surface area contributed by atoms with Gasteiger partial charge in [0, 0.05) is 41.9 Å². The summed E-state index contributed by atoms with van der Waals surface area (Å²) in [6.45, 7) is 0. The average Bonchev–Trinajstić information content (AvgIpc) is 3.77. The van der Waals surface area contributed by atoms with Gasteiger partial charge in [-0.15, -0.1) is 11.3 Å². The predicted molar refractivity (Wildman–Crippen MR) is 197 cm³/mol. The molecule has 0 aliphatic carbocycles. The molecule has 0 spiro atoms. The molecule has 0 atom stereocenters. The van der Waals surface area contributed by atoms with Crippen LogP contribution in [-0.2, 0) is 0 Å². The molecule has 5 heteroatoms. The van der Waals surface area contributed by atoms with E-state index in [1.807, 2.05) is 29.5 Å². The Hall–Kier alpha value is -6.04. The zero-order chi connectivity index (χ0) is 30.6. The number of para-hydroxylation sites is 1. The number of hydrogen-bond acceptors (Lipinski definition) is 4. The second-order valence-corrected chi connectivity index (χ2v) is 13.3. The minimum absolute atomic E-state index is 0.539. The van der Waals surface area contributed by atoms with E-state index in [0.29, 0.717) is 5.71 Å². The van der Waals surface area contributed by atoms with E-state index in [9.17, 15) is 0 Å². The van der Waals surface area contributed by atoms with Crippen LogP contribution in [0.4, 0.5) is 0 Å². The summed E-state index contributed by atoms with van der Waals surface area (Å²) < 4.78 is 11.2. The van der Waals surface area contributed by atoms with Crippen molar-refractivity contribution < 1.29 is 4.42 Å². The molecule has 0 unspecified atom stereocenters. The van der Waals surface area contributed by atoms with E-state index in [4.69, 9.17) is 14.4 Å². The van der Waals surface area contributed by atoms with Gasteiger partial charge in [0.25, 0.3) is 0 Å². The molecule has 0 saturated carbocycles. The van der Waals surface area contributed by atoms with Crippen LogP contribution < -0.4 is 0 Å². The quantitative estimate of drug-likeness (QED) is 0.194. The first-order valence-electron chi connectivity index (χ1n) is 15.7. The van der Waals surface area contributed by atoms with Gasteiger partial charge in [0.2, 0.25) is 5.71 Å². The van der Waals surface area contributed by atoms with Crippen molar-refractivity contribution in [3.63, 3.8) is 0 Å². The number of rotatable bonds is 2. The fourth-order valence-corrected chi connectivity index (χ4v) is 8.44. The van der Waals surface area contributed by atoms with E-state index in [-0.39, 0.29) is 0 Å². The van der Waals surface area contributed by atoms with Crippen molar-refractivity contribution in [3.05, 3.63) is 140 Å². The standard InChI is InChI=1S/C42H23N3OS/c1-3-11-26-22-34-31(19-24(26)9-1)32-20-25-10-2-4-12-27(25)23-35(32)45(34)41-39(44-42-40(43-41)30-14-5-7-15-36(30)46-42)28-17-18-38-33(21-28)29-13-6-8-16-37(29)47-38/h1-23H. The van der Waals surface area contributed by atoms with E-state index in [2.05, 4.69) is 126 Å². The molecule has 11 aromatic rings. The molecule has 0 radical (unpaired) electrons. The monoisotopic (exact) mass is 617 g/mol. The smallest absolute Gasteiger partial charge is 0.247 e. The van der Waals surface area contributed by atoms with E-state index in [1.54, 1.807) is 0 Å². The van der Waals surface area contributed by atoms with Crippen molar-refractivity contribution in [3.8, 4) is 17.1 Å². The van der Waals surface area contributed by atoms with Crippen molar-refractivity contribution in [2.45, 2.75) is 0 Å². The van der Waals surface area contributed by atoms with Crippen LogP contribution in [0.15, 0.2) is 144 Å². The Kier molecular flexibility index (Phi) is 4.96. The van der Waals surface area contributed by atoms with Crippen molar-refractivity contribution in [1.82, 2.24) is 14.5 Å². The Morgan fingerprint density at radius 2 is 1.09 bits per heavy atom. The van der Waals surface area contributed by atoms with Gasteiger partial charge in [0.1, 0.15) is 16.8 Å². The zero-order valence-electron chi connectivity index (χ0n) is 24.9. The maximum absolute atomic E-state index is 6.34. The van der Waals surface area contributed by atoms with Gasteiger partial charge in [-0.1, -0.05) is 84.9 Å². The van der Waals surface area contributed by atoms with Crippen LogP contribution in [0.3, 0.4) is 0 Å². The highest BCUT2D eigenvalue weighted by molar-refractivity contribution is 7.25. The highest BCUT2D eigenvalue weighted by Gasteiger charge is 2.23. The van der Waals surface area contributed by atoms with E-state index in [0.717, 1.165) is 44.6 Å². The van der Waals surface area contributed by atoms with Crippen LogP contribution in [0.25, 0.3) is 103 Å². The van der Waals surface area contributed by atoms with Gasteiger partial charge < -0.3 is 4.42 Å². The first kappa shape index (κ1) is 25.2. The van der Waals surface area contributed by atoms with Crippen LogP contribution >= 0.6 is 11.3 Å². The molecule has 0 saturated heterocycles. The maximum Gasteiger partial charge on any atom is 0.247 e. The Bertz CT molecular complexity index is 3000. The summed E-state index contributed by atoms with van der Waals surface area (Å²) >= 11 is 1.82. The summed E-state index contributed by atoms with van der Waals surface area (Å²) in [7, 11) is 0. The highest BCUT2D eigenvalue weighted by atomic mass is 32.1. The average molecular weight is 618 g/mol. The molecule has 0 amide bonds. The lowest BCUT2D eigenvalue weighted by Crippen LogP contribution is -2.03. The van der Waals surface area contributed by atoms with Crippen LogP contribution in [0.5, 0.6) is 0 Å². The Morgan fingerprint density at radius 3 is 1.81 bits per heavy atom. The SMILES string of the molecule is c1ccc2cc3c(cc2c1)c1cc2ccccc2cc1n3-c1nc2c(nc1-c1ccc3sc4ccccc4c3c1)oc1ccccc12. The molecule has 7 aromatic carbocycles. The van der Waals surface area contributed by atoms with Gasteiger partial charge in [-0.2, -0.15) is 0 Å². The van der Waals surface area contributed by atoms with E-state index in [1.165, 1.54) is 52.5 Å². The maximum atomic E-state index is 6.34. The number of furan rings is 1. The second kappa shape index (κ2) is 9.25. The molecule has 218 valence electrons. The van der Waals surface area contributed by atoms with Gasteiger partial charge in [-0.25, -0.2) is 9.97 Å². The predicted octanol–water partition coefficient (Wildman–Crippen LogP) is 11.8. The summed E-state index contributed by atoms with van der Waals surface area (Å²) in [5.74, 6) is 0.786. The lowest BCUT2D eigenvalue weighted by atomic mass is 10.0. The van der Waals surface area contributed by atoms with Gasteiger partial charge >= 0.3 is 0 Å². The molecule has 11 rings (SSSR count).